The largest absolute Gasteiger partial charge is 0.458 e. The summed E-state index contributed by atoms with van der Waals surface area (Å²) in [6, 6.07) is 0. The van der Waals surface area contributed by atoms with Gasteiger partial charge in [-0.2, -0.15) is 0 Å². The average Bonchev–Trinajstić information content (AvgIpc) is 2.46. The first-order valence-electron chi connectivity index (χ1n) is 3.68. The predicted molar refractivity (Wildman–Crippen MR) is 36.4 cm³/mol. The summed E-state index contributed by atoms with van der Waals surface area (Å²) in [7, 11) is 0. The van der Waals surface area contributed by atoms with Gasteiger partial charge in [0.25, 0.3) is 0 Å². The van der Waals surface area contributed by atoms with Crippen molar-refractivity contribution in [2.75, 3.05) is 0 Å². The fraction of sp³-hybridized carbons (Fsp3) is 0.625. The minimum atomic E-state index is -0.100. The molecule has 1 fully saturated rings. The Morgan fingerprint density at radius 2 is 2.10 bits per heavy atom. The Balaban J connectivity index is 2.11. The summed E-state index contributed by atoms with van der Waals surface area (Å²) in [6.45, 7) is 0. The van der Waals surface area contributed by atoms with E-state index in [2.05, 4.69) is 12.2 Å². The number of ether oxygens (including phenoxy) is 1. The summed E-state index contributed by atoms with van der Waals surface area (Å²) in [4.78, 5) is 10.8. The van der Waals surface area contributed by atoms with Crippen LogP contribution in [0.5, 0.6) is 0 Å². The van der Waals surface area contributed by atoms with Crippen LogP contribution in [0.3, 0.4) is 0 Å². The number of hydrogen-bond donors (Lipinski definition) is 0. The third-order valence-electron chi connectivity index (χ3n) is 2.26. The van der Waals surface area contributed by atoms with Crippen molar-refractivity contribution in [2.45, 2.75) is 31.3 Å². The number of carbonyl (C=O) groups excluding carboxylic acids is 1. The molecule has 2 nitrogen and oxygen atoms in total. The van der Waals surface area contributed by atoms with Crippen LogP contribution in [0.2, 0.25) is 0 Å². The molecule has 2 rings (SSSR count). The lowest BCUT2D eigenvalue weighted by atomic mass is 9.98. The van der Waals surface area contributed by atoms with E-state index in [1.54, 1.807) is 0 Å². The second-order valence-electron chi connectivity index (χ2n) is 3.04. The van der Waals surface area contributed by atoms with Crippen LogP contribution >= 0.6 is 0 Å². The molecule has 1 saturated heterocycles. The number of rotatable bonds is 0. The molecule has 1 aliphatic carbocycles. The van der Waals surface area contributed by atoms with E-state index in [-0.39, 0.29) is 11.6 Å². The third-order valence-corrected chi connectivity index (χ3v) is 2.26. The molecule has 54 valence electrons. The smallest absolute Gasteiger partial charge is 0.306 e. The zero-order valence-corrected chi connectivity index (χ0v) is 5.80. The Labute approximate surface area is 59.9 Å². The lowest BCUT2D eigenvalue weighted by Gasteiger charge is -2.20. The highest BCUT2D eigenvalue weighted by Gasteiger charge is 2.40. The molecule has 1 aliphatic heterocycles. The first-order chi connectivity index (χ1) is 4.81. The zero-order chi connectivity index (χ0) is 7.03. The number of hydrogen-bond acceptors (Lipinski definition) is 2. The highest BCUT2D eigenvalue weighted by Crippen LogP contribution is 2.37. The van der Waals surface area contributed by atoms with Crippen LogP contribution in [0.15, 0.2) is 12.2 Å². The van der Waals surface area contributed by atoms with Crippen molar-refractivity contribution in [1.82, 2.24) is 0 Å². The molecule has 1 spiro atoms. The van der Waals surface area contributed by atoms with Gasteiger partial charge in [-0.05, 0) is 6.42 Å². The molecule has 1 heterocycles. The van der Waals surface area contributed by atoms with Gasteiger partial charge in [-0.25, -0.2) is 0 Å². The van der Waals surface area contributed by atoms with Gasteiger partial charge in [0.15, 0.2) is 0 Å². The molecule has 0 aromatic heterocycles. The van der Waals surface area contributed by atoms with Crippen LogP contribution in [0.25, 0.3) is 0 Å². The Kier molecular flexibility index (Phi) is 1.10. The van der Waals surface area contributed by atoms with E-state index in [4.69, 9.17) is 4.74 Å². The summed E-state index contributed by atoms with van der Waals surface area (Å²) in [5, 5.41) is 0. The van der Waals surface area contributed by atoms with E-state index in [1.165, 1.54) is 0 Å². The second-order valence-corrected chi connectivity index (χ2v) is 3.04. The van der Waals surface area contributed by atoms with Gasteiger partial charge in [0.1, 0.15) is 5.60 Å². The SMILES string of the molecule is O=C1CCC2(CC=CC2)O1. The Morgan fingerprint density at radius 1 is 1.40 bits per heavy atom. The molecule has 0 bridgehead atoms. The molecule has 0 saturated carbocycles. The molecule has 0 unspecified atom stereocenters. The van der Waals surface area contributed by atoms with Crippen LogP contribution < -0.4 is 0 Å². The minimum Gasteiger partial charge on any atom is -0.458 e. The summed E-state index contributed by atoms with van der Waals surface area (Å²) in [5.74, 6) is -0.0244. The first kappa shape index (κ1) is 5.96. The van der Waals surface area contributed by atoms with Crippen molar-refractivity contribution >= 4 is 5.97 Å². The zero-order valence-electron chi connectivity index (χ0n) is 5.80. The molecule has 2 aliphatic rings. The van der Waals surface area contributed by atoms with Crippen molar-refractivity contribution in [1.29, 1.82) is 0 Å². The van der Waals surface area contributed by atoms with E-state index < -0.39 is 0 Å². The van der Waals surface area contributed by atoms with Crippen LogP contribution in [-0.4, -0.2) is 11.6 Å². The minimum absolute atomic E-state index is 0.0244. The Bertz CT molecular complexity index is 185. The van der Waals surface area contributed by atoms with E-state index in [0.29, 0.717) is 6.42 Å². The molecule has 0 radical (unpaired) electrons. The van der Waals surface area contributed by atoms with Gasteiger partial charge in [-0.1, -0.05) is 12.2 Å². The van der Waals surface area contributed by atoms with E-state index in [0.717, 1.165) is 19.3 Å². The van der Waals surface area contributed by atoms with Crippen molar-refractivity contribution in [3.63, 3.8) is 0 Å². The summed E-state index contributed by atoms with van der Waals surface area (Å²) < 4.78 is 5.21. The van der Waals surface area contributed by atoms with Crippen LogP contribution in [0.1, 0.15) is 25.7 Å². The van der Waals surface area contributed by atoms with Crippen molar-refractivity contribution < 1.29 is 9.53 Å². The van der Waals surface area contributed by atoms with Crippen LogP contribution in [-0.2, 0) is 9.53 Å². The quantitative estimate of drug-likeness (QED) is 0.373. The maximum atomic E-state index is 10.8. The molecule has 0 N–H and O–H groups in total. The standard InChI is InChI=1S/C8H10O2/c9-7-3-6-8(10-7)4-1-2-5-8/h1-2H,3-6H2. The highest BCUT2D eigenvalue weighted by atomic mass is 16.6. The van der Waals surface area contributed by atoms with Crippen molar-refractivity contribution in [3.05, 3.63) is 12.2 Å². The third kappa shape index (κ3) is 0.753. The van der Waals surface area contributed by atoms with Gasteiger partial charge < -0.3 is 4.74 Å². The van der Waals surface area contributed by atoms with E-state index in [9.17, 15) is 4.79 Å². The summed E-state index contributed by atoms with van der Waals surface area (Å²) in [5.41, 5.74) is -0.100. The second kappa shape index (κ2) is 1.84. The molecule has 0 aromatic rings. The lowest BCUT2D eigenvalue weighted by molar-refractivity contribution is -0.147. The average molecular weight is 138 g/mol. The molecule has 2 heteroatoms. The summed E-state index contributed by atoms with van der Waals surface area (Å²) >= 11 is 0. The maximum absolute atomic E-state index is 10.8. The highest BCUT2D eigenvalue weighted by molar-refractivity contribution is 5.72. The number of carbonyl (C=O) groups is 1. The van der Waals surface area contributed by atoms with Gasteiger partial charge in [-0.15, -0.1) is 0 Å². The fourth-order valence-electron chi connectivity index (χ4n) is 1.64. The molecule has 0 aromatic carbocycles. The van der Waals surface area contributed by atoms with Gasteiger partial charge in [-0.3, -0.25) is 4.79 Å². The van der Waals surface area contributed by atoms with Gasteiger partial charge >= 0.3 is 5.97 Å². The Morgan fingerprint density at radius 3 is 2.60 bits per heavy atom. The molecule has 10 heavy (non-hydrogen) atoms. The van der Waals surface area contributed by atoms with Crippen LogP contribution in [0.4, 0.5) is 0 Å². The van der Waals surface area contributed by atoms with Crippen molar-refractivity contribution in [2.24, 2.45) is 0 Å². The maximum Gasteiger partial charge on any atom is 0.306 e. The van der Waals surface area contributed by atoms with Gasteiger partial charge in [0.2, 0.25) is 0 Å². The molecule has 0 amide bonds. The topological polar surface area (TPSA) is 26.3 Å². The monoisotopic (exact) mass is 138 g/mol. The predicted octanol–water partition coefficient (Wildman–Crippen LogP) is 1.41. The Hall–Kier alpha value is -0.790. The molecule has 0 atom stereocenters. The molecular formula is C8H10O2. The fourth-order valence-corrected chi connectivity index (χ4v) is 1.64. The van der Waals surface area contributed by atoms with Gasteiger partial charge in [0, 0.05) is 19.3 Å². The van der Waals surface area contributed by atoms with E-state index in [1.807, 2.05) is 0 Å². The van der Waals surface area contributed by atoms with Crippen molar-refractivity contribution in [3.8, 4) is 0 Å². The first-order valence-corrected chi connectivity index (χ1v) is 3.68. The normalized spacial score (nSPS) is 27.8. The van der Waals surface area contributed by atoms with E-state index >= 15 is 0 Å². The molecular weight excluding hydrogens is 128 g/mol. The van der Waals surface area contributed by atoms with Gasteiger partial charge in [0.05, 0.1) is 0 Å². The lowest BCUT2D eigenvalue weighted by Crippen LogP contribution is -2.23. The van der Waals surface area contributed by atoms with Crippen LogP contribution in [0, 0.1) is 0 Å². The summed E-state index contributed by atoms with van der Waals surface area (Å²) in [6.07, 6.45) is 7.58. The number of esters is 1.